The van der Waals surface area contributed by atoms with Crippen molar-refractivity contribution in [2.75, 3.05) is 0 Å². The molecular weight excluding hydrogens is 255 g/mol. The van der Waals surface area contributed by atoms with Crippen molar-refractivity contribution in [3.8, 4) is 0 Å². The Kier molecular flexibility index (Phi) is 4.08. The van der Waals surface area contributed by atoms with E-state index in [-0.39, 0.29) is 0 Å². The Bertz CT molecular complexity index is 462. The average Bonchev–Trinajstić information content (AvgIpc) is 2.21. The Labute approximate surface area is 111 Å². The van der Waals surface area contributed by atoms with Crippen LogP contribution in [0, 0.1) is 5.92 Å². The van der Waals surface area contributed by atoms with E-state index >= 15 is 0 Å². The number of hydrogen-bond acceptors (Lipinski definition) is 1. The number of amidine groups is 1. The number of halogens is 2. The maximum Gasteiger partial charge on any atom is 0.102 e. The topological polar surface area (TPSA) is 38.4 Å². The van der Waals surface area contributed by atoms with Crippen LogP contribution in [0.15, 0.2) is 29.4 Å². The van der Waals surface area contributed by atoms with Crippen molar-refractivity contribution >= 4 is 35.1 Å². The van der Waals surface area contributed by atoms with Crippen LogP contribution in [0.25, 0.3) is 6.08 Å². The molecule has 1 aromatic rings. The summed E-state index contributed by atoms with van der Waals surface area (Å²) in [6, 6.07) is 5.46. The van der Waals surface area contributed by atoms with E-state index in [0.29, 0.717) is 16.0 Å². The van der Waals surface area contributed by atoms with E-state index in [1.807, 2.05) is 12.1 Å². The Hall–Kier alpha value is -0.990. The van der Waals surface area contributed by atoms with E-state index in [1.54, 1.807) is 18.3 Å². The van der Waals surface area contributed by atoms with Gasteiger partial charge >= 0.3 is 0 Å². The molecule has 0 spiro atoms. The number of nitrogens with two attached hydrogens (primary N) is 1. The first-order valence-electron chi connectivity index (χ1n) is 5.61. The maximum absolute atomic E-state index is 5.91. The fourth-order valence-corrected chi connectivity index (χ4v) is 1.94. The van der Waals surface area contributed by atoms with Gasteiger partial charge in [0.15, 0.2) is 0 Å². The molecule has 0 atom stereocenters. The highest BCUT2D eigenvalue weighted by atomic mass is 35.5. The van der Waals surface area contributed by atoms with Crippen molar-refractivity contribution in [1.82, 2.24) is 0 Å². The summed E-state index contributed by atoms with van der Waals surface area (Å²) < 4.78 is 0. The normalized spacial score (nSPS) is 17.4. The third-order valence-corrected chi connectivity index (χ3v) is 3.70. The Morgan fingerprint density at radius 3 is 2.65 bits per heavy atom. The molecule has 0 aromatic heterocycles. The van der Waals surface area contributed by atoms with E-state index in [9.17, 15) is 0 Å². The number of rotatable bonds is 3. The van der Waals surface area contributed by atoms with Crippen molar-refractivity contribution in [2.45, 2.75) is 19.3 Å². The smallest absolute Gasteiger partial charge is 0.102 e. The lowest BCUT2D eigenvalue weighted by Crippen LogP contribution is -2.28. The average molecular weight is 269 g/mol. The van der Waals surface area contributed by atoms with Crippen molar-refractivity contribution in [3.05, 3.63) is 40.0 Å². The highest BCUT2D eigenvalue weighted by Gasteiger charge is 2.20. The molecule has 2 rings (SSSR count). The van der Waals surface area contributed by atoms with E-state index in [2.05, 4.69) is 4.99 Å². The lowest BCUT2D eigenvalue weighted by Gasteiger charge is -2.23. The van der Waals surface area contributed by atoms with Gasteiger partial charge in [0.1, 0.15) is 5.84 Å². The monoisotopic (exact) mass is 268 g/mol. The largest absolute Gasteiger partial charge is 0.387 e. The third-order valence-electron chi connectivity index (χ3n) is 2.96. The summed E-state index contributed by atoms with van der Waals surface area (Å²) >= 11 is 11.7. The van der Waals surface area contributed by atoms with Crippen LogP contribution >= 0.6 is 23.2 Å². The second-order valence-electron chi connectivity index (χ2n) is 4.17. The van der Waals surface area contributed by atoms with Crippen LogP contribution in [0.4, 0.5) is 0 Å². The van der Waals surface area contributed by atoms with Gasteiger partial charge in [-0.1, -0.05) is 35.7 Å². The van der Waals surface area contributed by atoms with Crippen LogP contribution < -0.4 is 5.73 Å². The summed E-state index contributed by atoms with van der Waals surface area (Å²) in [5.41, 5.74) is 6.81. The molecule has 17 heavy (non-hydrogen) atoms. The summed E-state index contributed by atoms with van der Waals surface area (Å²) in [7, 11) is 0. The van der Waals surface area contributed by atoms with E-state index in [1.165, 1.54) is 6.42 Å². The summed E-state index contributed by atoms with van der Waals surface area (Å²) in [4.78, 5) is 4.23. The molecule has 0 radical (unpaired) electrons. The van der Waals surface area contributed by atoms with Gasteiger partial charge in [-0.15, -0.1) is 0 Å². The van der Waals surface area contributed by atoms with Gasteiger partial charge in [-0.25, -0.2) is 4.99 Å². The fourth-order valence-electron chi connectivity index (χ4n) is 1.63. The predicted molar refractivity (Wildman–Crippen MR) is 74.5 cm³/mol. The molecule has 0 amide bonds. The van der Waals surface area contributed by atoms with Gasteiger partial charge in [0.05, 0.1) is 10.0 Å². The maximum atomic E-state index is 5.91. The van der Waals surface area contributed by atoms with Gasteiger partial charge in [0, 0.05) is 12.1 Å². The zero-order valence-corrected chi connectivity index (χ0v) is 10.9. The number of hydrogen-bond donors (Lipinski definition) is 1. The molecule has 0 heterocycles. The minimum Gasteiger partial charge on any atom is -0.387 e. The molecule has 1 saturated carbocycles. The molecule has 1 aromatic carbocycles. The number of nitrogens with zero attached hydrogens (tertiary/aromatic N) is 1. The molecule has 90 valence electrons. The lowest BCUT2D eigenvalue weighted by molar-refractivity contribution is 0.411. The van der Waals surface area contributed by atoms with Gasteiger partial charge in [0.2, 0.25) is 0 Å². The summed E-state index contributed by atoms with van der Waals surface area (Å²) in [5.74, 6) is 1.21. The Morgan fingerprint density at radius 2 is 2.06 bits per heavy atom. The molecule has 4 heteroatoms. The van der Waals surface area contributed by atoms with Crippen LogP contribution in [0.3, 0.4) is 0 Å². The van der Waals surface area contributed by atoms with Crippen molar-refractivity contribution in [2.24, 2.45) is 16.6 Å². The van der Waals surface area contributed by atoms with E-state index in [4.69, 9.17) is 28.9 Å². The molecule has 0 bridgehead atoms. The van der Waals surface area contributed by atoms with Crippen LogP contribution in [0.1, 0.15) is 24.8 Å². The van der Waals surface area contributed by atoms with Crippen molar-refractivity contribution in [3.63, 3.8) is 0 Å². The Morgan fingerprint density at radius 1 is 1.29 bits per heavy atom. The molecule has 0 saturated heterocycles. The molecule has 1 aliphatic carbocycles. The first-order chi connectivity index (χ1) is 8.16. The summed E-state index contributed by atoms with van der Waals surface area (Å²) in [6.07, 6.45) is 7.17. The second kappa shape index (κ2) is 5.56. The van der Waals surface area contributed by atoms with Gasteiger partial charge in [-0.2, -0.15) is 0 Å². The standard InChI is InChI=1S/C13H14Cl2N2/c14-11-5-4-9(8-12(11)15)6-7-17-13(16)10-2-1-3-10/h4-8,10H,1-3H2,(H2,16,17)/b7-6+. The zero-order chi connectivity index (χ0) is 12.3. The van der Waals surface area contributed by atoms with Crippen LogP contribution in [0.5, 0.6) is 0 Å². The quantitative estimate of drug-likeness (QED) is 0.650. The Balaban J connectivity index is 2.02. The first-order valence-corrected chi connectivity index (χ1v) is 6.37. The minimum atomic E-state index is 0.480. The van der Waals surface area contributed by atoms with Crippen molar-refractivity contribution in [1.29, 1.82) is 0 Å². The molecule has 0 unspecified atom stereocenters. The van der Waals surface area contributed by atoms with Crippen LogP contribution in [0.2, 0.25) is 10.0 Å². The summed E-state index contributed by atoms with van der Waals surface area (Å²) in [5, 5.41) is 1.10. The minimum absolute atomic E-state index is 0.480. The van der Waals surface area contributed by atoms with E-state index in [0.717, 1.165) is 24.2 Å². The molecule has 1 fully saturated rings. The highest BCUT2D eigenvalue weighted by Crippen LogP contribution is 2.26. The van der Waals surface area contributed by atoms with Gasteiger partial charge in [-0.05, 0) is 36.6 Å². The molecular formula is C13H14Cl2N2. The molecule has 0 aliphatic heterocycles. The molecule has 1 aliphatic rings. The molecule has 2 N–H and O–H groups in total. The van der Waals surface area contributed by atoms with Gasteiger partial charge < -0.3 is 5.73 Å². The van der Waals surface area contributed by atoms with Crippen LogP contribution in [-0.4, -0.2) is 5.84 Å². The van der Waals surface area contributed by atoms with Crippen LogP contribution in [-0.2, 0) is 0 Å². The second-order valence-corrected chi connectivity index (χ2v) is 4.99. The third kappa shape index (κ3) is 3.24. The first kappa shape index (κ1) is 12.5. The van der Waals surface area contributed by atoms with E-state index < -0.39 is 0 Å². The zero-order valence-electron chi connectivity index (χ0n) is 9.37. The predicted octanol–water partition coefficient (Wildman–Crippen LogP) is 4.12. The summed E-state index contributed by atoms with van der Waals surface area (Å²) in [6.45, 7) is 0. The van der Waals surface area contributed by atoms with Gasteiger partial charge in [-0.3, -0.25) is 0 Å². The highest BCUT2D eigenvalue weighted by molar-refractivity contribution is 6.42. The lowest BCUT2D eigenvalue weighted by atomic mass is 9.85. The SMILES string of the molecule is NC(=N/C=C/c1ccc(Cl)c(Cl)c1)C1CCC1. The molecule has 2 nitrogen and oxygen atoms in total. The van der Waals surface area contributed by atoms with Gasteiger partial charge in [0.25, 0.3) is 0 Å². The number of aliphatic imine (C=N–C) groups is 1. The fraction of sp³-hybridized carbons (Fsp3) is 0.308. The number of benzene rings is 1. The van der Waals surface area contributed by atoms with Crippen molar-refractivity contribution < 1.29 is 0 Å².